The third-order valence-electron chi connectivity index (χ3n) is 5.20. The van der Waals surface area contributed by atoms with Crippen LogP contribution >= 0.6 is 0 Å². The number of carbonyl (C=O) groups excluding carboxylic acids is 1. The second kappa shape index (κ2) is 9.65. The molecule has 0 aliphatic carbocycles. The summed E-state index contributed by atoms with van der Waals surface area (Å²) in [5, 5.41) is 10.9. The van der Waals surface area contributed by atoms with Crippen LogP contribution in [0.15, 0.2) is 34.9 Å². The van der Waals surface area contributed by atoms with Gasteiger partial charge in [0.15, 0.2) is 11.7 Å². The van der Waals surface area contributed by atoms with Gasteiger partial charge in [-0.3, -0.25) is 19.8 Å². The molecule has 1 aliphatic rings. The maximum Gasteiger partial charge on any atom is 0.270 e. The zero-order valence-electron chi connectivity index (χ0n) is 17.0. The van der Waals surface area contributed by atoms with Gasteiger partial charge < -0.3 is 9.32 Å². The summed E-state index contributed by atoms with van der Waals surface area (Å²) in [6.45, 7) is 8.32. The Balaban J connectivity index is 1.47. The number of carbonyl (C=O) groups is 1. The van der Waals surface area contributed by atoms with E-state index in [0.717, 1.165) is 39.1 Å². The summed E-state index contributed by atoms with van der Waals surface area (Å²) in [7, 11) is 0. The van der Waals surface area contributed by atoms with E-state index in [2.05, 4.69) is 23.7 Å². The van der Waals surface area contributed by atoms with Crippen LogP contribution in [0.25, 0.3) is 11.3 Å². The number of hydrogen-bond acceptors (Lipinski definition) is 6. The van der Waals surface area contributed by atoms with Gasteiger partial charge in [0.25, 0.3) is 5.69 Å². The third-order valence-corrected chi connectivity index (χ3v) is 5.20. The summed E-state index contributed by atoms with van der Waals surface area (Å²) in [5.74, 6) is 1.95. The average molecular weight is 400 g/mol. The predicted octanol–water partition coefficient (Wildman–Crippen LogP) is 3.37. The molecule has 1 aromatic heterocycles. The Labute approximate surface area is 170 Å². The first-order chi connectivity index (χ1) is 13.9. The van der Waals surface area contributed by atoms with Crippen molar-refractivity contribution in [2.75, 3.05) is 32.7 Å². The lowest BCUT2D eigenvalue weighted by atomic mass is 10.1. The number of aromatic nitrogens is 1. The highest BCUT2D eigenvalue weighted by Crippen LogP contribution is 2.24. The molecule has 1 fully saturated rings. The monoisotopic (exact) mass is 400 g/mol. The topological polar surface area (TPSA) is 92.7 Å². The molecular formula is C21H28N4O4. The SMILES string of the molecule is CC(C)CCC(=O)N1CCN(CCc2ncc(-c3cccc([N+](=O)[O-])c3)o2)CC1. The van der Waals surface area contributed by atoms with E-state index >= 15 is 0 Å². The van der Waals surface area contributed by atoms with Crippen molar-refractivity contribution < 1.29 is 14.1 Å². The van der Waals surface area contributed by atoms with Gasteiger partial charge in [-0.25, -0.2) is 4.98 Å². The summed E-state index contributed by atoms with van der Waals surface area (Å²) in [5.41, 5.74) is 0.674. The van der Waals surface area contributed by atoms with Crippen molar-refractivity contribution in [3.05, 3.63) is 46.5 Å². The fraction of sp³-hybridized carbons (Fsp3) is 0.524. The van der Waals surface area contributed by atoms with Crippen LogP contribution in [0.5, 0.6) is 0 Å². The molecule has 2 heterocycles. The standard InChI is InChI=1S/C21H28N4O4/c1-16(2)6-7-21(26)24-12-10-23(11-13-24)9-8-20-22-15-19(29-20)17-4-3-5-18(14-17)25(27)28/h3-5,14-16H,6-13H2,1-2H3. The summed E-state index contributed by atoms with van der Waals surface area (Å²) in [6.07, 6.45) is 3.85. The van der Waals surface area contributed by atoms with Crippen LogP contribution in [0.2, 0.25) is 0 Å². The molecule has 8 heteroatoms. The van der Waals surface area contributed by atoms with Crippen molar-refractivity contribution >= 4 is 11.6 Å². The first-order valence-electron chi connectivity index (χ1n) is 10.1. The predicted molar refractivity (Wildman–Crippen MR) is 109 cm³/mol. The van der Waals surface area contributed by atoms with Gasteiger partial charge in [-0.1, -0.05) is 26.0 Å². The minimum atomic E-state index is -0.423. The van der Waals surface area contributed by atoms with Crippen LogP contribution in [0, 0.1) is 16.0 Å². The van der Waals surface area contributed by atoms with Gasteiger partial charge in [0.1, 0.15) is 0 Å². The van der Waals surface area contributed by atoms with Gasteiger partial charge in [-0.2, -0.15) is 0 Å². The molecule has 29 heavy (non-hydrogen) atoms. The Morgan fingerprint density at radius 2 is 2.03 bits per heavy atom. The fourth-order valence-corrected chi connectivity index (χ4v) is 3.38. The zero-order valence-corrected chi connectivity index (χ0v) is 17.0. The molecule has 0 saturated carbocycles. The molecule has 0 spiro atoms. The van der Waals surface area contributed by atoms with Crippen LogP contribution in [-0.4, -0.2) is 58.3 Å². The largest absolute Gasteiger partial charge is 0.441 e. The molecule has 0 bridgehead atoms. The number of benzene rings is 1. The quantitative estimate of drug-likeness (QED) is 0.498. The molecule has 0 N–H and O–H groups in total. The lowest BCUT2D eigenvalue weighted by molar-refractivity contribution is -0.384. The van der Waals surface area contributed by atoms with Gasteiger partial charge >= 0.3 is 0 Å². The number of rotatable bonds is 8. The van der Waals surface area contributed by atoms with Crippen LogP contribution < -0.4 is 0 Å². The second-order valence-corrected chi connectivity index (χ2v) is 7.83. The van der Waals surface area contributed by atoms with E-state index < -0.39 is 4.92 Å². The summed E-state index contributed by atoms with van der Waals surface area (Å²) >= 11 is 0. The highest BCUT2D eigenvalue weighted by Gasteiger charge is 2.21. The van der Waals surface area contributed by atoms with Crippen LogP contribution in [-0.2, 0) is 11.2 Å². The molecule has 2 aromatic rings. The number of piperazine rings is 1. The molecule has 0 radical (unpaired) electrons. The van der Waals surface area contributed by atoms with Gasteiger partial charge in [-0.15, -0.1) is 0 Å². The first kappa shape index (κ1) is 21.0. The molecule has 1 saturated heterocycles. The molecule has 3 rings (SSSR count). The van der Waals surface area contributed by atoms with E-state index in [-0.39, 0.29) is 11.6 Å². The molecule has 1 aliphatic heterocycles. The van der Waals surface area contributed by atoms with Gasteiger partial charge in [0.05, 0.1) is 11.1 Å². The van der Waals surface area contributed by atoms with Crippen LogP contribution in [0.4, 0.5) is 5.69 Å². The van der Waals surface area contributed by atoms with Gasteiger partial charge in [0, 0.05) is 63.3 Å². The minimum absolute atomic E-state index is 0.0289. The van der Waals surface area contributed by atoms with E-state index in [1.807, 2.05) is 4.90 Å². The van der Waals surface area contributed by atoms with Crippen molar-refractivity contribution in [3.8, 4) is 11.3 Å². The third kappa shape index (κ3) is 5.87. The maximum atomic E-state index is 12.2. The summed E-state index contributed by atoms with van der Waals surface area (Å²) in [4.78, 5) is 31.3. The van der Waals surface area contributed by atoms with Gasteiger partial charge in [0.2, 0.25) is 5.91 Å². The molecule has 8 nitrogen and oxygen atoms in total. The number of nitro benzene ring substituents is 1. The number of hydrogen-bond donors (Lipinski definition) is 0. The summed E-state index contributed by atoms with van der Waals surface area (Å²) < 4.78 is 5.78. The second-order valence-electron chi connectivity index (χ2n) is 7.83. The molecule has 0 atom stereocenters. The highest BCUT2D eigenvalue weighted by molar-refractivity contribution is 5.76. The molecule has 0 unspecified atom stereocenters. The number of nitrogens with zero attached hydrogens (tertiary/aromatic N) is 4. The van der Waals surface area contributed by atoms with E-state index in [4.69, 9.17) is 4.42 Å². The number of amides is 1. The molecule has 1 aromatic carbocycles. The van der Waals surface area contributed by atoms with E-state index in [1.165, 1.54) is 12.1 Å². The van der Waals surface area contributed by atoms with E-state index in [0.29, 0.717) is 36.0 Å². The first-order valence-corrected chi connectivity index (χ1v) is 10.1. The Bertz CT molecular complexity index is 841. The maximum absolute atomic E-state index is 12.2. The number of nitro groups is 1. The normalized spacial score (nSPS) is 15.1. The lowest BCUT2D eigenvalue weighted by Gasteiger charge is -2.34. The van der Waals surface area contributed by atoms with Crippen LogP contribution in [0.1, 0.15) is 32.6 Å². The van der Waals surface area contributed by atoms with Crippen LogP contribution in [0.3, 0.4) is 0 Å². The Morgan fingerprint density at radius 3 is 2.72 bits per heavy atom. The fourth-order valence-electron chi connectivity index (χ4n) is 3.38. The van der Waals surface area contributed by atoms with Crippen molar-refractivity contribution in [1.82, 2.24) is 14.8 Å². The lowest BCUT2D eigenvalue weighted by Crippen LogP contribution is -2.49. The smallest absolute Gasteiger partial charge is 0.270 e. The molecular weight excluding hydrogens is 372 g/mol. The highest BCUT2D eigenvalue weighted by atomic mass is 16.6. The Kier molecular flexibility index (Phi) is 6.98. The Morgan fingerprint density at radius 1 is 1.28 bits per heavy atom. The van der Waals surface area contributed by atoms with Crippen molar-refractivity contribution in [3.63, 3.8) is 0 Å². The molecule has 156 valence electrons. The number of oxazole rings is 1. The average Bonchev–Trinajstić information content (AvgIpc) is 3.20. The zero-order chi connectivity index (χ0) is 20.8. The van der Waals surface area contributed by atoms with Crippen molar-refractivity contribution in [2.45, 2.75) is 33.1 Å². The summed E-state index contributed by atoms with van der Waals surface area (Å²) in [6, 6.07) is 6.35. The van der Waals surface area contributed by atoms with Gasteiger partial charge in [-0.05, 0) is 12.3 Å². The van der Waals surface area contributed by atoms with Crippen molar-refractivity contribution in [2.24, 2.45) is 5.92 Å². The van der Waals surface area contributed by atoms with E-state index in [9.17, 15) is 14.9 Å². The minimum Gasteiger partial charge on any atom is -0.441 e. The molecule has 1 amide bonds. The Hall–Kier alpha value is -2.74. The number of non-ortho nitro benzene ring substituents is 1. The van der Waals surface area contributed by atoms with Crippen molar-refractivity contribution in [1.29, 1.82) is 0 Å². The van der Waals surface area contributed by atoms with E-state index in [1.54, 1.807) is 18.3 Å².